The lowest BCUT2D eigenvalue weighted by Crippen LogP contribution is -2.26. The molecule has 9 heteroatoms. The highest BCUT2D eigenvalue weighted by atomic mass is 35.5. The van der Waals surface area contributed by atoms with Gasteiger partial charge >= 0.3 is 0 Å². The van der Waals surface area contributed by atoms with Crippen molar-refractivity contribution in [3.8, 4) is 0 Å². The van der Waals surface area contributed by atoms with Gasteiger partial charge in [-0.3, -0.25) is 9.69 Å². The molecule has 0 unspecified atom stereocenters. The predicted octanol–water partition coefficient (Wildman–Crippen LogP) is 5.09. The van der Waals surface area contributed by atoms with Gasteiger partial charge in [0, 0.05) is 29.2 Å². The van der Waals surface area contributed by atoms with Gasteiger partial charge in [-0.05, 0) is 41.3 Å². The van der Waals surface area contributed by atoms with Crippen LogP contribution in [0.3, 0.4) is 0 Å². The minimum atomic E-state index is -3.25. The fraction of sp³-hybridized carbons (Fsp3) is 0.333. The molecule has 2 aromatic carbocycles. The normalized spacial score (nSPS) is 16.2. The number of carbonyl (C=O) groups is 1. The Bertz CT molecular complexity index is 1250. The van der Waals surface area contributed by atoms with Crippen LogP contribution in [0.15, 0.2) is 53.4 Å². The fourth-order valence-electron chi connectivity index (χ4n) is 4.14. The van der Waals surface area contributed by atoms with Crippen LogP contribution in [0.1, 0.15) is 41.6 Å². The number of nitrogens with zero attached hydrogens (tertiary/aromatic N) is 2. The van der Waals surface area contributed by atoms with E-state index in [-0.39, 0.29) is 23.3 Å². The zero-order valence-corrected chi connectivity index (χ0v) is 21.1. The number of fused-ring (bicyclic) bond motifs is 1. The zero-order chi connectivity index (χ0) is 23.8. The Balaban J connectivity index is 1.42. The van der Waals surface area contributed by atoms with Gasteiger partial charge in [0.2, 0.25) is 5.91 Å². The average molecular weight is 504 g/mol. The maximum Gasteiger partial charge on any atom is 0.230 e. The summed E-state index contributed by atoms with van der Waals surface area (Å²) in [7, 11) is -3.25. The van der Waals surface area contributed by atoms with Crippen molar-refractivity contribution < 1.29 is 13.2 Å². The monoisotopic (exact) mass is 503 g/mol. The summed E-state index contributed by atoms with van der Waals surface area (Å²) in [6.45, 7) is 5.98. The summed E-state index contributed by atoms with van der Waals surface area (Å²) in [6.07, 6.45) is 1.32. The molecule has 4 rings (SSSR count). The molecule has 1 aliphatic heterocycles. The Hall–Kier alpha value is -2.26. The average Bonchev–Trinajstić information content (AvgIpc) is 3.25. The summed E-state index contributed by atoms with van der Waals surface area (Å²) in [5.74, 6) is 0.200. The molecule has 174 valence electrons. The Labute approximate surface area is 203 Å². The predicted molar refractivity (Wildman–Crippen MR) is 132 cm³/mol. The molecule has 0 fully saturated rings. The smallest absolute Gasteiger partial charge is 0.230 e. The summed E-state index contributed by atoms with van der Waals surface area (Å²) in [5.41, 5.74) is 2.99. The van der Waals surface area contributed by atoms with Crippen LogP contribution in [0.2, 0.25) is 5.02 Å². The largest absolute Gasteiger partial charge is 0.302 e. The minimum absolute atomic E-state index is 0.157. The molecule has 33 heavy (non-hydrogen) atoms. The van der Waals surface area contributed by atoms with Crippen LogP contribution in [0.4, 0.5) is 5.13 Å². The van der Waals surface area contributed by atoms with Gasteiger partial charge in [0.1, 0.15) is 0 Å². The second-order valence-electron chi connectivity index (χ2n) is 8.69. The van der Waals surface area contributed by atoms with Crippen LogP contribution >= 0.6 is 22.9 Å². The summed E-state index contributed by atoms with van der Waals surface area (Å²) < 4.78 is 23.2. The molecule has 0 radical (unpaired) electrons. The molecule has 1 amide bonds. The Morgan fingerprint density at radius 1 is 1.15 bits per heavy atom. The number of anilines is 1. The number of carbonyl (C=O) groups excluding carboxylic acids is 1. The van der Waals surface area contributed by atoms with Gasteiger partial charge in [0.05, 0.1) is 23.1 Å². The molecule has 6 nitrogen and oxygen atoms in total. The Morgan fingerprint density at radius 2 is 1.79 bits per heavy atom. The molecule has 3 aromatic rings. The molecule has 1 N–H and O–H groups in total. The lowest BCUT2D eigenvalue weighted by molar-refractivity contribution is -0.115. The summed E-state index contributed by atoms with van der Waals surface area (Å²) >= 11 is 7.54. The first-order valence-electron chi connectivity index (χ1n) is 10.7. The van der Waals surface area contributed by atoms with Crippen LogP contribution < -0.4 is 5.32 Å². The van der Waals surface area contributed by atoms with Gasteiger partial charge in [-0.1, -0.05) is 49.7 Å². The highest BCUT2D eigenvalue weighted by molar-refractivity contribution is 7.90. The van der Waals surface area contributed by atoms with Crippen LogP contribution in [0, 0.1) is 5.92 Å². The Morgan fingerprint density at radius 3 is 2.39 bits per heavy atom. The second kappa shape index (κ2) is 9.54. The number of hydrogen-bond acceptors (Lipinski definition) is 6. The van der Waals surface area contributed by atoms with E-state index in [0.717, 1.165) is 35.6 Å². The van der Waals surface area contributed by atoms with Gasteiger partial charge in [-0.15, -0.1) is 11.3 Å². The summed E-state index contributed by atoms with van der Waals surface area (Å²) in [6, 6.07) is 14.5. The second-order valence-corrected chi connectivity index (χ2v) is 12.2. The molecule has 0 bridgehead atoms. The highest BCUT2D eigenvalue weighted by Crippen LogP contribution is 2.43. The number of sulfone groups is 1. The number of rotatable bonds is 7. The highest BCUT2D eigenvalue weighted by Gasteiger charge is 2.36. The lowest BCUT2D eigenvalue weighted by atomic mass is 10.0. The van der Waals surface area contributed by atoms with E-state index in [1.165, 1.54) is 33.9 Å². The van der Waals surface area contributed by atoms with Crippen molar-refractivity contribution in [3.05, 3.63) is 75.3 Å². The van der Waals surface area contributed by atoms with Crippen LogP contribution in [0.5, 0.6) is 0 Å². The maximum absolute atomic E-state index is 12.6. The quantitative estimate of drug-likeness (QED) is 0.485. The molecule has 1 aromatic heterocycles. The van der Waals surface area contributed by atoms with Crippen molar-refractivity contribution in [1.29, 1.82) is 0 Å². The summed E-state index contributed by atoms with van der Waals surface area (Å²) in [5, 5.41) is 4.25. The fourth-order valence-corrected chi connectivity index (χ4v) is 5.94. The number of halogens is 1. The molecule has 1 aliphatic rings. The standard InChI is InChI=1S/C24H26ClN3O3S2/c1-15(2)23-22-20(14-28(23)13-17-4-8-18(25)9-5-17)32-24(27-22)26-21(29)12-16-6-10-19(11-7-16)33(3,30)31/h4-11,15,23H,12-14H2,1-3H3,(H,26,27,29)/t23-/m1/s1. The van der Waals surface area contributed by atoms with Crippen molar-refractivity contribution >= 4 is 43.8 Å². The van der Waals surface area contributed by atoms with Gasteiger partial charge in [0.25, 0.3) is 0 Å². The van der Waals surface area contributed by atoms with Crippen molar-refractivity contribution in [2.45, 2.75) is 44.3 Å². The van der Waals surface area contributed by atoms with E-state index in [4.69, 9.17) is 16.6 Å². The first-order valence-corrected chi connectivity index (χ1v) is 13.8. The lowest BCUT2D eigenvalue weighted by Gasteiger charge is -2.27. The number of aromatic nitrogens is 1. The van der Waals surface area contributed by atoms with Crippen molar-refractivity contribution in [2.75, 3.05) is 11.6 Å². The molecule has 0 saturated heterocycles. The number of benzene rings is 2. The Kier molecular flexibility index (Phi) is 6.91. The van der Waals surface area contributed by atoms with Crippen LogP contribution in [-0.2, 0) is 34.1 Å². The van der Waals surface area contributed by atoms with Crippen molar-refractivity contribution in [2.24, 2.45) is 5.92 Å². The third kappa shape index (κ3) is 5.63. The van der Waals surface area contributed by atoms with E-state index in [1.54, 1.807) is 12.1 Å². The van der Waals surface area contributed by atoms with E-state index in [0.29, 0.717) is 11.0 Å². The maximum atomic E-state index is 12.6. The first kappa shape index (κ1) is 23.9. The number of thiazole rings is 1. The van der Waals surface area contributed by atoms with E-state index in [9.17, 15) is 13.2 Å². The molecule has 0 saturated carbocycles. The molecule has 2 heterocycles. The molecule has 0 aliphatic carbocycles. The first-order chi connectivity index (χ1) is 15.6. The number of nitrogens with one attached hydrogen (secondary N) is 1. The molecule has 0 spiro atoms. The third-order valence-corrected chi connectivity index (χ3v) is 7.99. The van der Waals surface area contributed by atoms with E-state index < -0.39 is 9.84 Å². The number of hydrogen-bond donors (Lipinski definition) is 1. The van der Waals surface area contributed by atoms with Gasteiger partial charge in [0.15, 0.2) is 15.0 Å². The third-order valence-electron chi connectivity index (χ3n) is 5.64. The SMILES string of the molecule is CC(C)[C@@H]1c2nc(NC(=O)Cc3ccc(S(C)(=O)=O)cc3)sc2CN1Cc1ccc(Cl)cc1. The number of amides is 1. The van der Waals surface area contributed by atoms with E-state index in [1.807, 2.05) is 24.3 Å². The van der Waals surface area contributed by atoms with Crippen molar-refractivity contribution in [1.82, 2.24) is 9.88 Å². The zero-order valence-electron chi connectivity index (χ0n) is 18.7. The van der Waals surface area contributed by atoms with E-state index >= 15 is 0 Å². The van der Waals surface area contributed by atoms with Crippen molar-refractivity contribution in [3.63, 3.8) is 0 Å². The summed E-state index contributed by atoms with van der Waals surface area (Å²) in [4.78, 5) is 21.2. The van der Waals surface area contributed by atoms with Gasteiger partial charge in [-0.2, -0.15) is 0 Å². The minimum Gasteiger partial charge on any atom is -0.302 e. The molecular formula is C24H26ClN3O3S2. The van der Waals surface area contributed by atoms with Crippen LogP contribution in [-0.4, -0.2) is 30.5 Å². The van der Waals surface area contributed by atoms with Crippen LogP contribution in [0.25, 0.3) is 0 Å². The van der Waals surface area contributed by atoms with E-state index in [2.05, 4.69) is 24.1 Å². The topological polar surface area (TPSA) is 79.4 Å². The molecular weight excluding hydrogens is 478 g/mol. The van der Waals surface area contributed by atoms with Gasteiger partial charge < -0.3 is 5.32 Å². The van der Waals surface area contributed by atoms with Gasteiger partial charge in [-0.25, -0.2) is 13.4 Å². The molecule has 1 atom stereocenters.